The average molecular weight is 286 g/mol. The minimum Gasteiger partial charge on any atom is -0.481 e. The maximum absolute atomic E-state index is 10.5. The van der Waals surface area contributed by atoms with Crippen LogP contribution >= 0.6 is 24.0 Å². The van der Waals surface area contributed by atoms with Crippen molar-refractivity contribution in [3.8, 4) is 0 Å². The van der Waals surface area contributed by atoms with Crippen molar-refractivity contribution >= 4 is 40.8 Å². The van der Waals surface area contributed by atoms with Crippen molar-refractivity contribution in [1.82, 2.24) is 0 Å². The van der Waals surface area contributed by atoms with Gasteiger partial charge in [0.05, 0.1) is 5.57 Å². The standard InChI is InChI=1S/C8H6O4S.C4H8S/c9-7(10)4-1-2-5(8(11)12)6(13)3-4;1-2-4-5-3-1/h1-3,5H,(H,9,10)(H,11,12);1-4H2. The number of carbonyl (C=O) groups is 2. The maximum atomic E-state index is 10.5. The largest absolute Gasteiger partial charge is 0.481 e. The van der Waals surface area contributed by atoms with E-state index in [1.165, 1.54) is 42.6 Å². The topological polar surface area (TPSA) is 74.6 Å². The molecule has 0 aromatic rings. The van der Waals surface area contributed by atoms with E-state index in [1.54, 1.807) is 0 Å². The highest BCUT2D eigenvalue weighted by Crippen LogP contribution is 2.15. The van der Waals surface area contributed by atoms with E-state index in [0.29, 0.717) is 0 Å². The number of carboxylic acid groups (broad SMARTS) is 2. The number of hydrogen-bond acceptors (Lipinski definition) is 4. The van der Waals surface area contributed by atoms with Gasteiger partial charge in [-0.2, -0.15) is 11.8 Å². The first-order valence-corrected chi connectivity index (χ1v) is 7.06. The highest BCUT2D eigenvalue weighted by atomic mass is 32.2. The van der Waals surface area contributed by atoms with Crippen LogP contribution in [-0.2, 0) is 9.59 Å². The lowest BCUT2D eigenvalue weighted by Crippen LogP contribution is -2.22. The second kappa shape index (κ2) is 7.33. The molecule has 1 atom stereocenters. The van der Waals surface area contributed by atoms with Crippen LogP contribution < -0.4 is 0 Å². The van der Waals surface area contributed by atoms with Crippen molar-refractivity contribution < 1.29 is 19.8 Å². The Hall–Kier alpha value is -1.14. The molecule has 2 rings (SSSR count). The first-order chi connectivity index (χ1) is 8.52. The molecule has 0 amide bonds. The van der Waals surface area contributed by atoms with Gasteiger partial charge in [-0.3, -0.25) is 4.79 Å². The van der Waals surface area contributed by atoms with Crippen molar-refractivity contribution in [3.05, 3.63) is 23.8 Å². The van der Waals surface area contributed by atoms with Gasteiger partial charge in [0.15, 0.2) is 0 Å². The molecular weight excluding hydrogens is 272 g/mol. The van der Waals surface area contributed by atoms with Gasteiger partial charge in [-0.05, 0) is 30.4 Å². The molecule has 1 fully saturated rings. The average Bonchev–Trinajstić information content (AvgIpc) is 2.86. The highest BCUT2D eigenvalue weighted by molar-refractivity contribution is 7.99. The predicted octanol–water partition coefficient (Wildman–Crippen LogP) is 2.15. The summed E-state index contributed by atoms with van der Waals surface area (Å²) in [7, 11) is 0. The van der Waals surface area contributed by atoms with Crippen molar-refractivity contribution in [2.75, 3.05) is 11.5 Å². The van der Waals surface area contributed by atoms with E-state index in [-0.39, 0.29) is 10.4 Å². The van der Waals surface area contributed by atoms with Crippen LogP contribution in [0.25, 0.3) is 0 Å². The SMILES string of the molecule is C1CCSC1.O=C(O)C1=CC(=S)C(C(=O)O)C=C1. The summed E-state index contributed by atoms with van der Waals surface area (Å²) in [5.41, 5.74) is 0.0162. The zero-order chi connectivity index (χ0) is 13.5. The third-order valence-electron chi connectivity index (χ3n) is 2.41. The fourth-order valence-corrected chi connectivity index (χ4v) is 2.76. The molecule has 98 valence electrons. The molecule has 6 heteroatoms. The van der Waals surface area contributed by atoms with E-state index in [0.717, 1.165) is 0 Å². The van der Waals surface area contributed by atoms with E-state index in [9.17, 15) is 9.59 Å². The summed E-state index contributed by atoms with van der Waals surface area (Å²) < 4.78 is 0. The van der Waals surface area contributed by atoms with Gasteiger partial charge in [0.1, 0.15) is 5.92 Å². The number of thioether (sulfide) groups is 1. The molecule has 0 spiro atoms. The normalized spacial score (nSPS) is 21.9. The summed E-state index contributed by atoms with van der Waals surface area (Å²) in [6.45, 7) is 0. The molecule has 0 saturated carbocycles. The summed E-state index contributed by atoms with van der Waals surface area (Å²) >= 11 is 6.80. The predicted molar refractivity (Wildman–Crippen MR) is 75.1 cm³/mol. The Morgan fingerprint density at radius 2 is 1.89 bits per heavy atom. The second-order valence-corrected chi connectivity index (χ2v) is 5.50. The molecule has 2 aliphatic rings. The van der Waals surface area contributed by atoms with Gasteiger partial charge in [-0.15, -0.1) is 0 Å². The summed E-state index contributed by atoms with van der Waals surface area (Å²) in [6, 6.07) is 0. The van der Waals surface area contributed by atoms with Crippen LogP contribution in [0.15, 0.2) is 23.8 Å². The Morgan fingerprint density at radius 1 is 1.28 bits per heavy atom. The molecule has 1 aliphatic carbocycles. The lowest BCUT2D eigenvalue weighted by molar-refractivity contribution is -0.138. The molecule has 18 heavy (non-hydrogen) atoms. The van der Waals surface area contributed by atoms with Crippen molar-refractivity contribution in [1.29, 1.82) is 0 Å². The summed E-state index contributed by atoms with van der Waals surface area (Å²) in [6.07, 6.45) is 6.64. The van der Waals surface area contributed by atoms with Gasteiger partial charge in [-0.1, -0.05) is 24.4 Å². The van der Waals surface area contributed by atoms with Crippen LogP contribution in [0.1, 0.15) is 12.8 Å². The molecular formula is C12H14O4S2. The van der Waals surface area contributed by atoms with Crippen molar-refractivity contribution in [3.63, 3.8) is 0 Å². The molecule has 0 bridgehead atoms. The Labute approximate surface area is 115 Å². The number of allylic oxidation sites excluding steroid dienone is 1. The molecule has 4 nitrogen and oxygen atoms in total. The second-order valence-electron chi connectivity index (χ2n) is 3.80. The van der Waals surface area contributed by atoms with Crippen LogP contribution in [0.3, 0.4) is 0 Å². The van der Waals surface area contributed by atoms with Gasteiger partial charge in [0.25, 0.3) is 0 Å². The highest BCUT2D eigenvalue weighted by Gasteiger charge is 2.22. The molecule has 2 N–H and O–H groups in total. The molecule has 0 radical (unpaired) electrons. The molecule has 0 aromatic heterocycles. The zero-order valence-corrected chi connectivity index (χ0v) is 11.3. The van der Waals surface area contributed by atoms with E-state index < -0.39 is 17.9 Å². The van der Waals surface area contributed by atoms with Crippen molar-refractivity contribution in [2.24, 2.45) is 5.92 Å². The van der Waals surface area contributed by atoms with Gasteiger partial charge < -0.3 is 10.2 Å². The van der Waals surface area contributed by atoms with E-state index in [2.05, 4.69) is 11.8 Å². The third kappa shape index (κ3) is 4.62. The number of aliphatic carboxylic acids is 2. The lowest BCUT2D eigenvalue weighted by atomic mass is 9.97. The van der Waals surface area contributed by atoms with Gasteiger partial charge in [0, 0.05) is 4.86 Å². The fraction of sp³-hybridized carbons (Fsp3) is 0.417. The fourth-order valence-electron chi connectivity index (χ4n) is 1.43. The van der Waals surface area contributed by atoms with Crippen LogP contribution in [0.2, 0.25) is 0 Å². The minimum atomic E-state index is -1.11. The monoisotopic (exact) mass is 286 g/mol. The maximum Gasteiger partial charge on any atom is 0.335 e. The van der Waals surface area contributed by atoms with E-state index >= 15 is 0 Å². The molecule has 1 saturated heterocycles. The van der Waals surface area contributed by atoms with Crippen LogP contribution in [0, 0.1) is 5.92 Å². The summed E-state index contributed by atoms with van der Waals surface area (Å²) in [5.74, 6) is -0.220. The molecule has 1 heterocycles. The van der Waals surface area contributed by atoms with Crippen LogP contribution in [0.5, 0.6) is 0 Å². The molecule has 1 unspecified atom stereocenters. The Morgan fingerprint density at radius 3 is 2.22 bits per heavy atom. The van der Waals surface area contributed by atoms with E-state index in [4.69, 9.17) is 22.4 Å². The number of rotatable bonds is 2. The van der Waals surface area contributed by atoms with Crippen LogP contribution in [0.4, 0.5) is 0 Å². The summed E-state index contributed by atoms with van der Waals surface area (Å²) in [4.78, 5) is 21.1. The minimum absolute atomic E-state index is 0.0162. The molecule has 1 aliphatic heterocycles. The number of hydrogen-bond donors (Lipinski definition) is 2. The summed E-state index contributed by atoms with van der Waals surface area (Å²) in [5, 5.41) is 17.2. The van der Waals surface area contributed by atoms with Gasteiger partial charge in [-0.25, -0.2) is 4.79 Å². The molecule has 0 aromatic carbocycles. The van der Waals surface area contributed by atoms with Gasteiger partial charge in [0.2, 0.25) is 0 Å². The van der Waals surface area contributed by atoms with Crippen LogP contribution in [-0.4, -0.2) is 38.5 Å². The number of carboxylic acids is 2. The Balaban J connectivity index is 0.000000269. The smallest absolute Gasteiger partial charge is 0.335 e. The first kappa shape index (κ1) is 14.9. The van der Waals surface area contributed by atoms with Gasteiger partial charge >= 0.3 is 11.9 Å². The van der Waals surface area contributed by atoms with E-state index in [1.807, 2.05) is 0 Å². The first-order valence-electron chi connectivity index (χ1n) is 5.50. The Bertz CT molecular complexity index is 401. The zero-order valence-electron chi connectivity index (χ0n) is 9.67. The third-order valence-corrected chi connectivity index (χ3v) is 3.94. The quantitative estimate of drug-likeness (QED) is 0.758. The lowest BCUT2D eigenvalue weighted by Gasteiger charge is -2.10. The Kier molecular flexibility index (Phi) is 6.07. The van der Waals surface area contributed by atoms with Crippen molar-refractivity contribution in [2.45, 2.75) is 12.8 Å². The number of thiocarbonyl (C=S) groups is 1.